The smallest absolute Gasteiger partial charge is 0.471 e. The molecule has 4 aliphatic carbocycles. The van der Waals surface area contributed by atoms with E-state index in [2.05, 4.69) is 63.2 Å². The summed E-state index contributed by atoms with van der Waals surface area (Å²) in [5.74, 6) is -1.82. The summed E-state index contributed by atoms with van der Waals surface area (Å²) >= 11 is 0. The maximum Gasteiger partial charge on any atom is 0.471 e. The molecule has 12 heteroatoms. The molecule has 0 bridgehead atoms. The van der Waals surface area contributed by atoms with Gasteiger partial charge in [0.2, 0.25) is 0 Å². The summed E-state index contributed by atoms with van der Waals surface area (Å²) < 4.78 is 64.8. The van der Waals surface area contributed by atoms with Crippen LogP contribution in [-0.4, -0.2) is 85.7 Å². The topological polar surface area (TPSA) is 116 Å². The van der Waals surface area contributed by atoms with E-state index in [1.54, 1.807) is 19.1 Å². The van der Waals surface area contributed by atoms with Crippen molar-refractivity contribution >= 4 is 27.3 Å². The number of benzene rings is 1. The quantitative estimate of drug-likeness (QED) is 0.220. The highest BCUT2D eigenvalue weighted by atomic mass is 32.2. The zero-order valence-corrected chi connectivity index (χ0v) is 34.8. The van der Waals surface area contributed by atoms with E-state index in [4.69, 9.17) is 0 Å². The number of carboxylic acid groups (broad SMARTS) is 1. The van der Waals surface area contributed by atoms with Crippen LogP contribution in [0.15, 0.2) is 30.3 Å². The molecule has 1 aliphatic heterocycles. The Morgan fingerprint density at radius 1 is 0.982 bits per heavy atom. The molecule has 0 spiro atoms. The third kappa shape index (κ3) is 7.66. The molecule has 1 amide bonds. The number of rotatable bonds is 10. The van der Waals surface area contributed by atoms with Crippen LogP contribution in [0.4, 0.5) is 13.2 Å². The van der Waals surface area contributed by atoms with Gasteiger partial charge in [-0.2, -0.15) is 13.2 Å². The summed E-state index contributed by atoms with van der Waals surface area (Å²) in [6.07, 6.45) is 5.87. The number of carboxylic acids is 1. The van der Waals surface area contributed by atoms with Gasteiger partial charge in [0.25, 0.3) is 0 Å². The third-order valence-corrected chi connectivity index (χ3v) is 17.8. The van der Waals surface area contributed by atoms with Crippen molar-refractivity contribution in [1.82, 2.24) is 15.5 Å². The number of amides is 1. The molecule has 1 heterocycles. The number of hydrogen-bond donors (Lipinski definition) is 3. The first-order valence-electron chi connectivity index (χ1n) is 20.6. The van der Waals surface area contributed by atoms with Crippen molar-refractivity contribution in [1.29, 1.82) is 0 Å². The maximum absolute atomic E-state index is 13.6. The second-order valence-electron chi connectivity index (χ2n) is 19.4. The van der Waals surface area contributed by atoms with Crippen molar-refractivity contribution in [3.63, 3.8) is 0 Å². The van der Waals surface area contributed by atoms with Crippen LogP contribution in [0.3, 0.4) is 0 Å². The molecular formula is C43H64F3N3O5S. The molecule has 55 heavy (non-hydrogen) atoms. The van der Waals surface area contributed by atoms with Crippen molar-refractivity contribution in [3.8, 4) is 0 Å². The molecule has 1 aromatic rings. The summed E-state index contributed by atoms with van der Waals surface area (Å²) in [7, 11) is -2.99. The standard InChI is InChI=1S/C43H64F3N3O5S/c1-8-40(6)34(39(5)17-16-32(38(3,4)27-39)29-9-11-30(12-10-29)36(50)51)14-13-33-35-31(28(2)48-37(52)43(44,45)46)15-18-42(35,20-19-41(33,40)7)47-21-22-49-23-25-55(53,54)26-24-49/h9-12,16,28,31,33-35,47H,8,13-15,17-27H2,1-7H3,(H,48,52)(H,50,51). The predicted octanol–water partition coefficient (Wildman–Crippen LogP) is 7.99. The zero-order valence-electron chi connectivity index (χ0n) is 33.9. The lowest BCUT2D eigenvalue weighted by molar-refractivity contribution is -0.187. The second kappa shape index (κ2) is 14.7. The lowest BCUT2D eigenvalue weighted by atomic mass is 9.37. The van der Waals surface area contributed by atoms with Gasteiger partial charge in [-0.05, 0) is 133 Å². The van der Waals surface area contributed by atoms with E-state index in [9.17, 15) is 36.3 Å². The summed E-state index contributed by atoms with van der Waals surface area (Å²) in [5, 5.41) is 15.8. The van der Waals surface area contributed by atoms with E-state index in [1.807, 2.05) is 12.1 Å². The van der Waals surface area contributed by atoms with Crippen LogP contribution in [0.2, 0.25) is 0 Å². The minimum Gasteiger partial charge on any atom is -0.478 e. The van der Waals surface area contributed by atoms with Crippen LogP contribution in [-0.2, 0) is 14.6 Å². The molecule has 9 atom stereocenters. The molecule has 4 fully saturated rings. The van der Waals surface area contributed by atoms with E-state index in [0.717, 1.165) is 69.9 Å². The molecule has 0 aromatic heterocycles. The van der Waals surface area contributed by atoms with E-state index in [0.29, 0.717) is 25.6 Å². The number of nitrogens with zero attached hydrogens (tertiary/aromatic N) is 1. The average molecular weight is 792 g/mol. The van der Waals surface area contributed by atoms with Gasteiger partial charge in [0.1, 0.15) is 0 Å². The van der Waals surface area contributed by atoms with Crippen LogP contribution >= 0.6 is 0 Å². The molecule has 8 nitrogen and oxygen atoms in total. The Kier molecular flexibility index (Phi) is 11.3. The monoisotopic (exact) mass is 791 g/mol. The number of carbonyl (C=O) groups excluding carboxylic acids is 1. The number of halogens is 3. The van der Waals surface area contributed by atoms with Gasteiger partial charge in [-0.1, -0.05) is 59.8 Å². The molecule has 1 saturated heterocycles. The Morgan fingerprint density at radius 3 is 2.22 bits per heavy atom. The number of aromatic carboxylic acids is 1. The van der Waals surface area contributed by atoms with Crippen LogP contribution in [0, 0.1) is 45.3 Å². The summed E-state index contributed by atoms with van der Waals surface area (Å²) in [5.41, 5.74) is 2.06. The SMILES string of the molecule is CCC1(C)C(C2(C)CC=C(c3ccc(C(=O)O)cc3)C(C)(C)C2)CCC2C3C(C(C)NC(=O)C(F)(F)F)CCC3(NCCN3CCS(=O)(=O)CC3)CCC21C. The van der Waals surface area contributed by atoms with Crippen molar-refractivity contribution in [3.05, 3.63) is 41.5 Å². The Bertz CT molecular complexity index is 1750. The van der Waals surface area contributed by atoms with Gasteiger partial charge in [0.15, 0.2) is 9.84 Å². The van der Waals surface area contributed by atoms with Gasteiger partial charge in [-0.3, -0.25) is 4.79 Å². The van der Waals surface area contributed by atoms with Crippen molar-refractivity contribution in [2.75, 3.05) is 37.7 Å². The molecule has 0 radical (unpaired) electrons. The summed E-state index contributed by atoms with van der Waals surface area (Å²) in [6.45, 7) is 18.6. The first-order chi connectivity index (χ1) is 25.5. The molecule has 5 aliphatic rings. The largest absolute Gasteiger partial charge is 0.478 e. The number of carbonyl (C=O) groups is 2. The van der Waals surface area contributed by atoms with Gasteiger partial charge < -0.3 is 20.6 Å². The van der Waals surface area contributed by atoms with E-state index >= 15 is 0 Å². The van der Waals surface area contributed by atoms with E-state index < -0.39 is 33.9 Å². The van der Waals surface area contributed by atoms with E-state index in [-0.39, 0.29) is 62.0 Å². The molecule has 3 saturated carbocycles. The molecule has 308 valence electrons. The Morgan fingerprint density at radius 2 is 1.64 bits per heavy atom. The number of fused-ring (bicyclic) bond motifs is 3. The number of alkyl halides is 3. The highest BCUT2D eigenvalue weighted by Crippen LogP contribution is 2.73. The minimum absolute atomic E-state index is 0.00447. The highest BCUT2D eigenvalue weighted by Gasteiger charge is 2.68. The maximum atomic E-state index is 13.6. The average Bonchev–Trinajstić information content (AvgIpc) is 3.48. The van der Waals surface area contributed by atoms with Crippen LogP contribution in [0.5, 0.6) is 0 Å². The fourth-order valence-electron chi connectivity index (χ4n) is 13.3. The predicted molar refractivity (Wildman–Crippen MR) is 210 cm³/mol. The van der Waals surface area contributed by atoms with Crippen LogP contribution in [0.1, 0.15) is 122 Å². The minimum atomic E-state index is -4.94. The molecule has 9 unspecified atom stereocenters. The van der Waals surface area contributed by atoms with Crippen molar-refractivity contribution < 1.29 is 36.3 Å². The number of allylic oxidation sites excluding steroid dienone is 2. The van der Waals surface area contributed by atoms with Crippen LogP contribution in [0.25, 0.3) is 5.57 Å². The summed E-state index contributed by atoms with van der Waals surface area (Å²) in [6, 6.07) is 6.59. The first kappa shape index (κ1) is 42.2. The Hall–Kier alpha value is -2.44. The molecule has 1 aromatic carbocycles. The number of hydrogen-bond acceptors (Lipinski definition) is 6. The van der Waals surface area contributed by atoms with Gasteiger partial charge in [-0.15, -0.1) is 0 Å². The Balaban J connectivity index is 1.29. The Labute approximate surface area is 326 Å². The zero-order chi connectivity index (χ0) is 40.4. The van der Waals surface area contributed by atoms with Gasteiger partial charge in [0, 0.05) is 37.8 Å². The lowest BCUT2D eigenvalue weighted by Gasteiger charge is -2.69. The van der Waals surface area contributed by atoms with Gasteiger partial charge in [-0.25, -0.2) is 13.2 Å². The van der Waals surface area contributed by atoms with Crippen molar-refractivity contribution in [2.45, 2.75) is 124 Å². The fraction of sp³-hybridized carbons (Fsp3) is 0.767. The highest BCUT2D eigenvalue weighted by molar-refractivity contribution is 7.91. The van der Waals surface area contributed by atoms with Crippen molar-refractivity contribution in [2.24, 2.45) is 45.3 Å². The normalized spacial score (nSPS) is 38.0. The lowest BCUT2D eigenvalue weighted by Crippen LogP contribution is -2.66. The van der Waals surface area contributed by atoms with Gasteiger partial charge in [0.05, 0.1) is 17.1 Å². The van der Waals surface area contributed by atoms with Gasteiger partial charge >= 0.3 is 18.1 Å². The third-order valence-electron chi connectivity index (χ3n) is 16.2. The van der Waals surface area contributed by atoms with E-state index in [1.165, 1.54) is 5.57 Å². The van der Waals surface area contributed by atoms with Crippen LogP contribution < -0.4 is 10.6 Å². The second-order valence-corrected chi connectivity index (χ2v) is 21.7. The number of nitrogens with one attached hydrogen (secondary N) is 2. The molecule has 3 N–H and O–H groups in total. The number of sulfone groups is 1. The first-order valence-corrected chi connectivity index (χ1v) is 22.4. The summed E-state index contributed by atoms with van der Waals surface area (Å²) in [4.78, 5) is 26.0. The molecule has 6 rings (SSSR count). The fourth-order valence-corrected chi connectivity index (χ4v) is 14.6. The molecular weight excluding hydrogens is 728 g/mol.